The number of hydrogen-bond donors (Lipinski definition) is 4. The average molecular weight is 879 g/mol. The second-order valence-corrected chi connectivity index (χ2v) is 20.4. The van der Waals surface area contributed by atoms with Gasteiger partial charge >= 0.3 is 0 Å². The number of hydrogen-bond acceptors (Lipinski definition) is 10. The van der Waals surface area contributed by atoms with Gasteiger partial charge < -0.3 is 30.2 Å². The highest BCUT2D eigenvalue weighted by Gasteiger charge is 2.37. The Hall–Kier alpha value is -3.90. The molecule has 5 aliphatic heterocycles. The first-order chi connectivity index (χ1) is 29.3. The van der Waals surface area contributed by atoms with Crippen molar-refractivity contribution in [3.63, 3.8) is 0 Å². The molecule has 330 valence electrons. The molecule has 0 aromatic heterocycles. The number of carbonyl (C=O) groups excluding carboxylic acids is 1. The van der Waals surface area contributed by atoms with Gasteiger partial charge in [0.2, 0.25) is 21.3 Å². The minimum atomic E-state index is -4.92. The number of ether oxygens (including phenoxy) is 3. The number of nitrogens with one attached hydrogen (secondary N) is 2. The lowest BCUT2D eigenvalue weighted by molar-refractivity contribution is -0.122. The van der Waals surface area contributed by atoms with E-state index in [-0.39, 0.29) is 41.4 Å². The third kappa shape index (κ3) is 9.41. The van der Waals surface area contributed by atoms with E-state index in [0.717, 1.165) is 117 Å². The molecule has 5 aliphatic rings. The minimum Gasteiger partial charge on any atom is -0.455 e. The predicted octanol–water partition coefficient (Wildman–Crippen LogP) is 3.09. The lowest BCUT2D eigenvalue weighted by atomic mass is 9.82. The van der Waals surface area contributed by atoms with Crippen molar-refractivity contribution in [2.24, 2.45) is 5.73 Å². The van der Waals surface area contributed by atoms with E-state index in [1.54, 1.807) is 0 Å². The van der Waals surface area contributed by atoms with Gasteiger partial charge in [-0.15, -0.1) is 0 Å². The van der Waals surface area contributed by atoms with Crippen LogP contribution in [0.15, 0.2) is 40.1 Å². The first-order valence-corrected chi connectivity index (χ1v) is 25.0. The molecule has 0 radical (unpaired) electrons. The number of anilines is 1. The van der Waals surface area contributed by atoms with Crippen LogP contribution in [0.4, 0.5) is 5.69 Å². The number of amides is 1. The Morgan fingerprint density at radius 1 is 0.869 bits per heavy atom. The molecule has 3 aromatic carbocycles. The lowest BCUT2D eigenvalue weighted by Crippen LogP contribution is -2.45. The van der Waals surface area contributed by atoms with Crippen molar-refractivity contribution in [3.8, 4) is 11.5 Å². The average Bonchev–Trinajstić information content (AvgIpc) is 3.22. The van der Waals surface area contributed by atoms with Crippen LogP contribution in [0.3, 0.4) is 0 Å². The van der Waals surface area contributed by atoms with Gasteiger partial charge in [0.05, 0.1) is 36.9 Å². The molecular formula is C45H60N5O9S2+. The SMILES string of the molecule is CC(N)COCCOCC(C)NC(=O)CCCCCNS(=O)(=O)c1ccc(C2=c3cc4c5c(c3Oc3c2cc2c6c3CCCN6CCC2)CCC[N+]=5CCC4)c(S(=O)(=O)O)c1. The quantitative estimate of drug-likeness (QED) is 0.0654. The molecule has 2 atom stereocenters. The Morgan fingerprint density at radius 3 is 2.36 bits per heavy atom. The van der Waals surface area contributed by atoms with Crippen LogP contribution in [0.1, 0.15) is 98.6 Å². The Morgan fingerprint density at radius 2 is 1.59 bits per heavy atom. The Balaban J connectivity index is 1.03. The van der Waals surface area contributed by atoms with Crippen LogP contribution in [0.2, 0.25) is 0 Å². The summed E-state index contributed by atoms with van der Waals surface area (Å²) in [4.78, 5) is 14.2. The van der Waals surface area contributed by atoms with Gasteiger partial charge in [-0.25, -0.2) is 17.7 Å². The van der Waals surface area contributed by atoms with E-state index in [1.807, 2.05) is 13.8 Å². The van der Waals surface area contributed by atoms with Crippen molar-refractivity contribution in [3.05, 3.63) is 74.3 Å². The Bertz CT molecular complexity index is 2540. The summed E-state index contributed by atoms with van der Waals surface area (Å²) >= 11 is 0. The van der Waals surface area contributed by atoms with Crippen molar-refractivity contribution >= 4 is 37.3 Å². The summed E-state index contributed by atoms with van der Waals surface area (Å²) in [6.07, 6.45) is 9.34. The molecule has 0 saturated heterocycles. The highest BCUT2D eigenvalue weighted by molar-refractivity contribution is 7.89. The second-order valence-electron chi connectivity index (χ2n) is 17.3. The molecule has 0 spiro atoms. The molecule has 0 bridgehead atoms. The number of unbranched alkanes of at least 4 members (excludes halogenated alkanes) is 2. The van der Waals surface area contributed by atoms with Crippen LogP contribution in [-0.2, 0) is 60.1 Å². The number of rotatable bonds is 18. The number of nitrogens with zero attached hydrogens (tertiary/aromatic N) is 2. The second kappa shape index (κ2) is 18.4. The molecule has 8 rings (SSSR count). The molecule has 0 aliphatic carbocycles. The number of nitrogens with two attached hydrogens (primary N) is 1. The molecule has 5 N–H and O–H groups in total. The molecule has 61 heavy (non-hydrogen) atoms. The molecule has 0 saturated carbocycles. The topological polar surface area (TPSA) is 190 Å². The maximum Gasteiger partial charge on any atom is 0.295 e. The lowest BCUT2D eigenvalue weighted by Gasteiger charge is -2.39. The summed E-state index contributed by atoms with van der Waals surface area (Å²) in [5.74, 6) is 1.35. The maximum atomic E-state index is 13.7. The van der Waals surface area contributed by atoms with E-state index in [0.29, 0.717) is 51.3 Å². The molecule has 2 unspecified atom stereocenters. The first kappa shape index (κ1) is 43.7. The number of benzene rings is 3. The van der Waals surface area contributed by atoms with E-state index in [4.69, 9.17) is 19.9 Å². The zero-order valence-corrected chi connectivity index (χ0v) is 37.0. The maximum absolute atomic E-state index is 13.7. The number of sulfonamides is 1. The molecule has 5 heterocycles. The fraction of sp³-hybridized carbons (Fsp3) is 0.556. The monoisotopic (exact) mass is 878 g/mol. The normalized spacial score (nSPS) is 17.7. The number of fused-ring (bicyclic) bond motifs is 4. The fourth-order valence-electron chi connectivity index (χ4n) is 9.81. The molecule has 0 fully saturated rings. The van der Waals surface area contributed by atoms with E-state index in [1.165, 1.54) is 34.3 Å². The third-order valence-electron chi connectivity index (χ3n) is 12.4. The standard InChI is InChI=1S/C45H59N5O9S2/c1-29(46)27-57-22-23-58-28-30(2)48-40(51)14-4-3-5-17-47-60(52,53)33-15-16-34(39(26-33)61(54,55)56)41-37-24-31-10-6-18-49-20-8-12-35(42(31)49)44(37)59-45-36-13-9-21-50-19-7-11-32(43(36)50)25-38(41)45/h15-16,24-26,29-30,47H,3-14,17-23,27-28,46H2,1-2H3,(H-,48,51,54,55,56)/p+1. The van der Waals surface area contributed by atoms with E-state index < -0.39 is 25.0 Å². The summed E-state index contributed by atoms with van der Waals surface area (Å²) < 4.78 is 88.1. The Labute approximate surface area is 359 Å². The van der Waals surface area contributed by atoms with Crippen LogP contribution < -0.4 is 40.6 Å². The number of carbonyl (C=O) groups is 1. The zero-order chi connectivity index (χ0) is 42.9. The van der Waals surface area contributed by atoms with Gasteiger partial charge in [-0.1, -0.05) is 12.5 Å². The molecule has 1 amide bonds. The Kier molecular flexibility index (Phi) is 13.2. The van der Waals surface area contributed by atoms with Crippen molar-refractivity contribution in [1.29, 1.82) is 0 Å². The summed E-state index contributed by atoms with van der Waals surface area (Å²) in [6.45, 7) is 9.40. The number of aryl methyl sites for hydroxylation is 2. The van der Waals surface area contributed by atoms with Gasteiger partial charge in [-0.2, -0.15) is 8.42 Å². The first-order valence-electron chi connectivity index (χ1n) is 22.0. The summed E-state index contributed by atoms with van der Waals surface area (Å²) in [5, 5.41) is 4.91. The van der Waals surface area contributed by atoms with Crippen molar-refractivity contribution in [2.75, 3.05) is 64.1 Å². The highest BCUT2D eigenvalue weighted by atomic mass is 32.2. The molecular weight excluding hydrogens is 819 g/mol. The molecule has 16 heteroatoms. The van der Waals surface area contributed by atoms with Crippen LogP contribution in [0.5, 0.6) is 11.5 Å². The molecule has 14 nitrogen and oxygen atoms in total. The van der Waals surface area contributed by atoms with Crippen LogP contribution in [0.25, 0.3) is 5.57 Å². The van der Waals surface area contributed by atoms with Gasteiger partial charge in [0.15, 0.2) is 0 Å². The van der Waals surface area contributed by atoms with Gasteiger partial charge in [0.25, 0.3) is 10.1 Å². The van der Waals surface area contributed by atoms with Crippen molar-refractivity contribution in [1.82, 2.24) is 14.6 Å². The van der Waals surface area contributed by atoms with Gasteiger partial charge in [0, 0.05) is 89.7 Å². The third-order valence-corrected chi connectivity index (χ3v) is 14.8. The van der Waals surface area contributed by atoms with Crippen molar-refractivity contribution < 1.29 is 40.4 Å². The minimum absolute atomic E-state index is 0.0358. The van der Waals surface area contributed by atoms with Gasteiger partial charge in [-0.05, 0) is 95.0 Å². The fourth-order valence-corrected chi connectivity index (χ4v) is 11.7. The van der Waals surface area contributed by atoms with Crippen molar-refractivity contribution in [2.45, 2.75) is 113 Å². The summed E-state index contributed by atoms with van der Waals surface area (Å²) in [6, 6.07) is 8.10. The van der Waals surface area contributed by atoms with E-state index in [2.05, 4.69) is 31.6 Å². The van der Waals surface area contributed by atoms with E-state index in [9.17, 15) is 26.2 Å². The predicted molar refractivity (Wildman–Crippen MR) is 233 cm³/mol. The molecule has 3 aromatic rings. The van der Waals surface area contributed by atoms with Gasteiger partial charge in [-0.3, -0.25) is 9.35 Å². The largest absolute Gasteiger partial charge is 0.455 e. The highest BCUT2D eigenvalue weighted by Crippen LogP contribution is 2.49. The van der Waals surface area contributed by atoms with Crippen LogP contribution in [0, 0.1) is 0 Å². The summed E-state index contributed by atoms with van der Waals surface area (Å²) in [5.41, 5.74) is 13.2. The smallest absolute Gasteiger partial charge is 0.295 e. The van der Waals surface area contributed by atoms with Crippen LogP contribution in [-0.4, -0.2) is 98.5 Å². The summed E-state index contributed by atoms with van der Waals surface area (Å²) in [7, 11) is -9.09. The van der Waals surface area contributed by atoms with Crippen LogP contribution >= 0.6 is 0 Å². The zero-order valence-electron chi connectivity index (χ0n) is 35.4. The van der Waals surface area contributed by atoms with Gasteiger partial charge in [0.1, 0.15) is 29.5 Å². The van der Waals surface area contributed by atoms with E-state index >= 15 is 0 Å².